The van der Waals surface area contributed by atoms with E-state index in [1.807, 2.05) is 18.2 Å². The number of rotatable bonds is 5. The third-order valence-electron chi connectivity index (χ3n) is 2.52. The Morgan fingerprint density at radius 3 is 2.06 bits per heavy atom. The van der Waals surface area contributed by atoms with E-state index in [-0.39, 0.29) is 0 Å². The van der Waals surface area contributed by atoms with E-state index in [1.165, 1.54) is 0 Å². The Morgan fingerprint density at radius 2 is 1.62 bits per heavy atom. The molecule has 1 aliphatic heterocycles. The fraction of sp³-hybridized carbons (Fsp3) is 0.500. The zero-order valence-electron chi connectivity index (χ0n) is 9.56. The molecule has 0 atom stereocenters. The van der Waals surface area contributed by atoms with Gasteiger partial charge in [0.15, 0.2) is 0 Å². The first-order chi connectivity index (χ1) is 7.81. The Morgan fingerprint density at radius 1 is 1.06 bits per heavy atom. The zero-order valence-corrected chi connectivity index (χ0v) is 9.56. The number of hydrogen-bond acceptors (Lipinski definition) is 4. The van der Waals surface area contributed by atoms with Crippen LogP contribution in [0.2, 0.25) is 0 Å². The van der Waals surface area contributed by atoms with Gasteiger partial charge in [0.05, 0.1) is 34.0 Å². The molecule has 4 heteroatoms. The summed E-state index contributed by atoms with van der Waals surface area (Å²) in [7, 11) is 3.25. The van der Waals surface area contributed by atoms with Crippen molar-refractivity contribution in [1.29, 1.82) is 0 Å². The SMILES string of the molecule is COc1cc(OC)cc(OCC2COC2)c1. The van der Waals surface area contributed by atoms with E-state index in [2.05, 4.69) is 0 Å². The molecule has 1 aliphatic rings. The van der Waals surface area contributed by atoms with Gasteiger partial charge in [0.1, 0.15) is 17.2 Å². The average molecular weight is 224 g/mol. The van der Waals surface area contributed by atoms with Crippen LogP contribution in [0.25, 0.3) is 0 Å². The smallest absolute Gasteiger partial charge is 0.126 e. The minimum Gasteiger partial charge on any atom is -0.496 e. The standard InChI is InChI=1S/C12H16O4/c1-13-10-3-11(14-2)5-12(4-10)16-8-9-6-15-7-9/h3-5,9H,6-8H2,1-2H3. The summed E-state index contributed by atoms with van der Waals surface area (Å²) in [5.41, 5.74) is 0. The van der Waals surface area contributed by atoms with Crippen LogP contribution in [0.5, 0.6) is 17.2 Å². The van der Waals surface area contributed by atoms with E-state index in [9.17, 15) is 0 Å². The molecule has 0 N–H and O–H groups in total. The molecule has 1 saturated heterocycles. The predicted octanol–water partition coefficient (Wildman–Crippen LogP) is 1.73. The van der Waals surface area contributed by atoms with E-state index < -0.39 is 0 Å². The summed E-state index contributed by atoms with van der Waals surface area (Å²) >= 11 is 0. The van der Waals surface area contributed by atoms with Crippen molar-refractivity contribution in [3.05, 3.63) is 18.2 Å². The summed E-state index contributed by atoms with van der Waals surface area (Å²) in [6.07, 6.45) is 0. The van der Waals surface area contributed by atoms with Crippen molar-refractivity contribution in [3.63, 3.8) is 0 Å². The van der Waals surface area contributed by atoms with E-state index in [1.54, 1.807) is 14.2 Å². The molecule has 0 aliphatic carbocycles. The highest BCUT2D eigenvalue weighted by Crippen LogP contribution is 2.28. The third-order valence-corrected chi connectivity index (χ3v) is 2.52. The van der Waals surface area contributed by atoms with Gasteiger partial charge in [-0.15, -0.1) is 0 Å². The number of methoxy groups -OCH3 is 2. The maximum atomic E-state index is 5.65. The molecule has 1 aromatic carbocycles. The quantitative estimate of drug-likeness (QED) is 0.763. The Kier molecular flexibility index (Phi) is 3.51. The number of ether oxygens (including phenoxy) is 4. The fourth-order valence-corrected chi connectivity index (χ4v) is 1.46. The average Bonchev–Trinajstić information content (AvgIpc) is 2.26. The van der Waals surface area contributed by atoms with Crippen molar-refractivity contribution < 1.29 is 18.9 Å². The van der Waals surface area contributed by atoms with Crippen molar-refractivity contribution in [2.45, 2.75) is 0 Å². The lowest BCUT2D eigenvalue weighted by Gasteiger charge is -2.25. The molecule has 1 aromatic rings. The van der Waals surface area contributed by atoms with Gasteiger partial charge >= 0.3 is 0 Å². The van der Waals surface area contributed by atoms with E-state index in [0.29, 0.717) is 12.5 Å². The molecule has 16 heavy (non-hydrogen) atoms. The second kappa shape index (κ2) is 5.07. The summed E-state index contributed by atoms with van der Waals surface area (Å²) < 4.78 is 21.1. The summed E-state index contributed by atoms with van der Waals surface area (Å²) in [5.74, 6) is 2.75. The highest BCUT2D eigenvalue weighted by molar-refractivity contribution is 5.41. The summed E-state index contributed by atoms with van der Waals surface area (Å²) in [6.45, 7) is 2.26. The van der Waals surface area contributed by atoms with Gasteiger partial charge in [-0.3, -0.25) is 0 Å². The molecule has 1 heterocycles. The Hall–Kier alpha value is -1.42. The highest BCUT2D eigenvalue weighted by atomic mass is 16.5. The predicted molar refractivity (Wildman–Crippen MR) is 59.4 cm³/mol. The highest BCUT2D eigenvalue weighted by Gasteiger charge is 2.19. The first-order valence-electron chi connectivity index (χ1n) is 5.25. The van der Waals surface area contributed by atoms with Crippen LogP contribution in [0, 0.1) is 5.92 Å². The molecule has 0 bridgehead atoms. The molecule has 2 rings (SSSR count). The van der Waals surface area contributed by atoms with Gasteiger partial charge in [-0.25, -0.2) is 0 Å². The van der Waals surface area contributed by atoms with Gasteiger partial charge in [0.2, 0.25) is 0 Å². The van der Waals surface area contributed by atoms with Gasteiger partial charge < -0.3 is 18.9 Å². The molecule has 4 nitrogen and oxygen atoms in total. The lowest BCUT2D eigenvalue weighted by Crippen LogP contribution is -2.32. The van der Waals surface area contributed by atoms with Gasteiger partial charge in [0, 0.05) is 24.1 Å². The molecule has 0 saturated carbocycles. The van der Waals surface area contributed by atoms with Crippen molar-refractivity contribution in [3.8, 4) is 17.2 Å². The van der Waals surface area contributed by atoms with Crippen LogP contribution in [0.3, 0.4) is 0 Å². The Bertz CT molecular complexity index is 325. The van der Waals surface area contributed by atoms with Gasteiger partial charge in [0.25, 0.3) is 0 Å². The van der Waals surface area contributed by atoms with Crippen molar-refractivity contribution >= 4 is 0 Å². The van der Waals surface area contributed by atoms with E-state index >= 15 is 0 Å². The maximum Gasteiger partial charge on any atom is 0.126 e. The third kappa shape index (κ3) is 2.58. The number of hydrogen-bond donors (Lipinski definition) is 0. The van der Waals surface area contributed by atoms with Crippen molar-refractivity contribution in [2.24, 2.45) is 5.92 Å². The first kappa shape index (κ1) is 11.1. The minimum absolute atomic E-state index is 0.511. The van der Waals surface area contributed by atoms with Crippen LogP contribution in [0.15, 0.2) is 18.2 Å². The lowest BCUT2D eigenvalue weighted by molar-refractivity contribution is -0.0508. The lowest BCUT2D eigenvalue weighted by atomic mass is 10.1. The molecular formula is C12H16O4. The van der Waals surface area contributed by atoms with Crippen molar-refractivity contribution in [1.82, 2.24) is 0 Å². The van der Waals surface area contributed by atoms with Crippen LogP contribution in [-0.2, 0) is 4.74 Å². The molecule has 0 radical (unpaired) electrons. The summed E-state index contributed by atoms with van der Waals surface area (Å²) in [5, 5.41) is 0. The molecule has 1 fully saturated rings. The van der Waals surface area contributed by atoms with Crippen LogP contribution < -0.4 is 14.2 Å². The van der Waals surface area contributed by atoms with Crippen LogP contribution in [-0.4, -0.2) is 34.0 Å². The largest absolute Gasteiger partial charge is 0.496 e. The second-order valence-electron chi connectivity index (χ2n) is 3.76. The van der Waals surface area contributed by atoms with Gasteiger partial charge in [-0.1, -0.05) is 0 Å². The van der Waals surface area contributed by atoms with Crippen molar-refractivity contribution in [2.75, 3.05) is 34.0 Å². The molecule has 88 valence electrons. The first-order valence-corrected chi connectivity index (χ1v) is 5.25. The van der Waals surface area contributed by atoms with E-state index in [4.69, 9.17) is 18.9 Å². The minimum atomic E-state index is 0.511. The fourth-order valence-electron chi connectivity index (χ4n) is 1.46. The maximum absolute atomic E-state index is 5.65. The Balaban J connectivity index is 2.00. The Labute approximate surface area is 95.1 Å². The second-order valence-corrected chi connectivity index (χ2v) is 3.76. The van der Waals surface area contributed by atoms with Crippen LogP contribution in [0.4, 0.5) is 0 Å². The van der Waals surface area contributed by atoms with Crippen LogP contribution >= 0.6 is 0 Å². The zero-order chi connectivity index (χ0) is 11.4. The summed E-state index contributed by atoms with van der Waals surface area (Å²) in [4.78, 5) is 0. The molecular weight excluding hydrogens is 208 g/mol. The van der Waals surface area contributed by atoms with Crippen LogP contribution in [0.1, 0.15) is 0 Å². The molecule has 0 aromatic heterocycles. The van der Waals surface area contributed by atoms with E-state index in [0.717, 1.165) is 30.5 Å². The molecule has 0 amide bonds. The van der Waals surface area contributed by atoms with Gasteiger partial charge in [-0.2, -0.15) is 0 Å². The monoisotopic (exact) mass is 224 g/mol. The number of benzene rings is 1. The molecule has 0 spiro atoms. The molecule has 0 unspecified atom stereocenters. The topological polar surface area (TPSA) is 36.9 Å². The summed E-state index contributed by atoms with van der Waals surface area (Å²) in [6, 6.07) is 5.52. The normalized spacial score (nSPS) is 15.4. The van der Waals surface area contributed by atoms with Gasteiger partial charge in [-0.05, 0) is 0 Å².